The fourth-order valence-corrected chi connectivity index (χ4v) is 2.79. The molecule has 0 bridgehead atoms. The van der Waals surface area contributed by atoms with E-state index in [1.807, 2.05) is 55.5 Å². The fraction of sp³-hybridized carbons (Fsp3) is 0.182. The van der Waals surface area contributed by atoms with Gasteiger partial charge in [-0.2, -0.15) is 0 Å². The maximum absolute atomic E-state index is 12.4. The van der Waals surface area contributed by atoms with Crippen LogP contribution >= 0.6 is 0 Å². The molecule has 2 aromatic carbocycles. The number of hydrogen-bond donors (Lipinski definition) is 2. The zero-order valence-corrected chi connectivity index (χ0v) is 15.1. The molecule has 1 unspecified atom stereocenters. The quantitative estimate of drug-likeness (QED) is 0.692. The number of aryl methyl sites for hydroxylation is 1. The van der Waals surface area contributed by atoms with Gasteiger partial charge in [0.1, 0.15) is 5.69 Å². The van der Waals surface area contributed by atoms with E-state index in [0.717, 1.165) is 16.8 Å². The molecule has 3 rings (SSSR count). The number of nitrogens with one attached hydrogen (secondary N) is 2. The van der Waals surface area contributed by atoms with Gasteiger partial charge in [0.05, 0.1) is 0 Å². The number of nitrogens with zero attached hydrogens (tertiary/aromatic N) is 1. The Morgan fingerprint density at radius 1 is 1.04 bits per heavy atom. The molecule has 0 aliphatic heterocycles. The Morgan fingerprint density at radius 3 is 2.54 bits per heavy atom. The van der Waals surface area contributed by atoms with Gasteiger partial charge in [0.25, 0.3) is 5.91 Å². The average Bonchev–Trinajstić information content (AvgIpc) is 2.68. The number of pyridine rings is 1. The van der Waals surface area contributed by atoms with E-state index in [1.165, 1.54) is 5.56 Å². The molecule has 0 radical (unpaired) electrons. The number of aromatic nitrogens is 1. The summed E-state index contributed by atoms with van der Waals surface area (Å²) in [7, 11) is 0. The van der Waals surface area contributed by atoms with Crippen LogP contribution in [0.2, 0.25) is 0 Å². The van der Waals surface area contributed by atoms with Crippen LogP contribution in [0.15, 0.2) is 72.9 Å². The lowest BCUT2D eigenvalue weighted by Gasteiger charge is -2.16. The molecule has 4 nitrogen and oxygen atoms in total. The Kier molecular flexibility index (Phi) is 5.64. The maximum atomic E-state index is 12.4. The Bertz CT molecular complexity index is 877. The Hall–Kier alpha value is -3.14. The molecule has 0 aliphatic carbocycles. The molecule has 0 fully saturated rings. The van der Waals surface area contributed by atoms with Gasteiger partial charge in [0.15, 0.2) is 0 Å². The second kappa shape index (κ2) is 8.30. The van der Waals surface area contributed by atoms with E-state index in [1.54, 1.807) is 12.3 Å². The van der Waals surface area contributed by atoms with Gasteiger partial charge in [-0.25, -0.2) is 0 Å². The first-order valence-electron chi connectivity index (χ1n) is 8.74. The van der Waals surface area contributed by atoms with Crippen LogP contribution in [0.1, 0.15) is 40.1 Å². The van der Waals surface area contributed by atoms with E-state index < -0.39 is 0 Å². The molecule has 0 aliphatic rings. The summed E-state index contributed by atoms with van der Waals surface area (Å²) in [6, 6.07) is 22.0. The first-order valence-corrected chi connectivity index (χ1v) is 8.74. The second-order valence-corrected chi connectivity index (χ2v) is 6.32. The van der Waals surface area contributed by atoms with Crippen molar-refractivity contribution < 1.29 is 4.79 Å². The summed E-state index contributed by atoms with van der Waals surface area (Å²) in [4.78, 5) is 16.6. The van der Waals surface area contributed by atoms with Crippen LogP contribution in [0.5, 0.6) is 0 Å². The zero-order chi connectivity index (χ0) is 18.4. The summed E-state index contributed by atoms with van der Waals surface area (Å²) in [6.45, 7) is 4.62. The molecule has 1 atom stereocenters. The first kappa shape index (κ1) is 17.7. The summed E-state index contributed by atoms with van der Waals surface area (Å²) >= 11 is 0. The summed E-state index contributed by atoms with van der Waals surface area (Å²) in [5.74, 6) is -0.177. The van der Waals surface area contributed by atoms with Gasteiger partial charge in [-0.3, -0.25) is 9.78 Å². The molecule has 3 aromatic rings. The predicted molar refractivity (Wildman–Crippen MR) is 105 cm³/mol. The van der Waals surface area contributed by atoms with E-state index >= 15 is 0 Å². The summed E-state index contributed by atoms with van der Waals surface area (Å²) in [5.41, 5.74) is 4.73. The summed E-state index contributed by atoms with van der Waals surface area (Å²) < 4.78 is 0. The second-order valence-electron chi connectivity index (χ2n) is 6.32. The molecule has 1 amide bonds. The topological polar surface area (TPSA) is 54.0 Å². The van der Waals surface area contributed by atoms with Crippen LogP contribution in [0.4, 0.5) is 5.69 Å². The van der Waals surface area contributed by atoms with Crippen molar-refractivity contribution in [3.05, 3.63) is 95.3 Å². The van der Waals surface area contributed by atoms with Gasteiger partial charge in [-0.05, 0) is 42.7 Å². The molecule has 1 aromatic heterocycles. The lowest BCUT2D eigenvalue weighted by atomic mass is 10.1. The third-order valence-electron chi connectivity index (χ3n) is 4.38. The first-order chi connectivity index (χ1) is 12.6. The van der Waals surface area contributed by atoms with Crippen LogP contribution in [0.3, 0.4) is 0 Å². The Balaban J connectivity index is 1.65. The molecular formula is C22H23N3O. The highest BCUT2D eigenvalue weighted by molar-refractivity contribution is 5.93. The van der Waals surface area contributed by atoms with E-state index in [2.05, 4.69) is 34.7 Å². The van der Waals surface area contributed by atoms with E-state index in [9.17, 15) is 4.79 Å². The predicted octanol–water partition coefficient (Wildman–Crippen LogP) is 4.49. The van der Waals surface area contributed by atoms with Crippen molar-refractivity contribution in [3.8, 4) is 0 Å². The van der Waals surface area contributed by atoms with E-state index in [-0.39, 0.29) is 11.9 Å². The van der Waals surface area contributed by atoms with Crippen LogP contribution in [-0.4, -0.2) is 10.9 Å². The monoisotopic (exact) mass is 345 g/mol. The third kappa shape index (κ3) is 4.48. The molecule has 26 heavy (non-hydrogen) atoms. The number of hydrogen-bond acceptors (Lipinski definition) is 3. The molecule has 1 heterocycles. The van der Waals surface area contributed by atoms with Crippen LogP contribution in [0, 0.1) is 6.92 Å². The van der Waals surface area contributed by atoms with Crippen molar-refractivity contribution in [2.45, 2.75) is 26.4 Å². The van der Waals surface area contributed by atoms with Gasteiger partial charge in [-0.1, -0.05) is 54.6 Å². The van der Waals surface area contributed by atoms with E-state index in [0.29, 0.717) is 12.2 Å². The van der Waals surface area contributed by atoms with Crippen molar-refractivity contribution in [2.75, 3.05) is 5.32 Å². The smallest absolute Gasteiger partial charge is 0.270 e. The normalized spacial score (nSPS) is 11.6. The number of rotatable bonds is 6. The summed E-state index contributed by atoms with van der Waals surface area (Å²) in [6.07, 6.45) is 1.66. The standard InChI is InChI=1S/C22H23N3O/c1-16-8-6-7-11-19(16)15-24-22(26)21-14-20(12-13-23-21)25-17(2)18-9-4-3-5-10-18/h3-14,17H,15H2,1-2H3,(H,23,25)(H,24,26). The number of amides is 1. The van der Waals surface area contributed by atoms with Crippen molar-refractivity contribution in [1.82, 2.24) is 10.3 Å². The van der Waals surface area contributed by atoms with Gasteiger partial charge < -0.3 is 10.6 Å². The van der Waals surface area contributed by atoms with Crippen molar-refractivity contribution in [2.24, 2.45) is 0 Å². The minimum Gasteiger partial charge on any atom is -0.378 e. The SMILES string of the molecule is Cc1ccccc1CNC(=O)c1cc(NC(C)c2ccccc2)ccn1. The van der Waals surface area contributed by atoms with Crippen LogP contribution < -0.4 is 10.6 Å². The molecule has 2 N–H and O–H groups in total. The fourth-order valence-electron chi connectivity index (χ4n) is 2.79. The third-order valence-corrected chi connectivity index (χ3v) is 4.38. The molecular weight excluding hydrogens is 322 g/mol. The Morgan fingerprint density at radius 2 is 1.77 bits per heavy atom. The number of benzene rings is 2. The molecule has 132 valence electrons. The lowest BCUT2D eigenvalue weighted by Crippen LogP contribution is -2.24. The highest BCUT2D eigenvalue weighted by Crippen LogP contribution is 2.19. The number of carbonyl (C=O) groups excluding carboxylic acids is 1. The van der Waals surface area contributed by atoms with Crippen LogP contribution in [0.25, 0.3) is 0 Å². The molecule has 0 spiro atoms. The number of carbonyl (C=O) groups is 1. The largest absolute Gasteiger partial charge is 0.378 e. The lowest BCUT2D eigenvalue weighted by molar-refractivity contribution is 0.0946. The van der Waals surface area contributed by atoms with Gasteiger partial charge in [-0.15, -0.1) is 0 Å². The number of anilines is 1. The highest BCUT2D eigenvalue weighted by atomic mass is 16.1. The van der Waals surface area contributed by atoms with Gasteiger partial charge in [0.2, 0.25) is 0 Å². The van der Waals surface area contributed by atoms with Gasteiger partial charge >= 0.3 is 0 Å². The summed E-state index contributed by atoms with van der Waals surface area (Å²) in [5, 5.41) is 6.36. The average molecular weight is 345 g/mol. The van der Waals surface area contributed by atoms with E-state index in [4.69, 9.17) is 0 Å². The van der Waals surface area contributed by atoms with Crippen molar-refractivity contribution >= 4 is 11.6 Å². The zero-order valence-electron chi connectivity index (χ0n) is 15.1. The maximum Gasteiger partial charge on any atom is 0.270 e. The van der Waals surface area contributed by atoms with Crippen molar-refractivity contribution in [1.29, 1.82) is 0 Å². The highest BCUT2D eigenvalue weighted by Gasteiger charge is 2.10. The minimum absolute atomic E-state index is 0.140. The Labute approximate surface area is 154 Å². The van der Waals surface area contributed by atoms with Crippen molar-refractivity contribution in [3.63, 3.8) is 0 Å². The van der Waals surface area contributed by atoms with Crippen LogP contribution in [-0.2, 0) is 6.54 Å². The molecule has 0 saturated carbocycles. The molecule has 0 saturated heterocycles. The molecule has 4 heteroatoms. The minimum atomic E-state index is -0.177. The van der Waals surface area contributed by atoms with Gasteiger partial charge in [0, 0.05) is 24.5 Å².